The van der Waals surface area contributed by atoms with E-state index in [-0.39, 0.29) is 29.2 Å². The van der Waals surface area contributed by atoms with Crippen LogP contribution in [-0.2, 0) is 14.3 Å². The van der Waals surface area contributed by atoms with E-state index in [4.69, 9.17) is 10.5 Å². The van der Waals surface area contributed by atoms with E-state index in [1.807, 2.05) is 6.26 Å². The minimum absolute atomic E-state index is 0. The molecule has 152 valence electrons. The van der Waals surface area contributed by atoms with Crippen LogP contribution >= 0.6 is 12.4 Å². The lowest BCUT2D eigenvalue weighted by atomic mass is 9.45. The monoisotopic (exact) mass is 395 g/mol. The van der Waals surface area contributed by atoms with E-state index in [1.54, 1.807) is 0 Å². The Morgan fingerprint density at radius 2 is 1.89 bits per heavy atom. The van der Waals surface area contributed by atoms with Gasteiger partial charge in [0.15, 0.2) is 0 Å². The van der Waals surface area contributed by atoms with Crippen LogP contribution in [0.4, 0.5) is 0 Å². The first-order valence-electron chi connectivity index (χ1n) is 10.5. The summed E-state index contributed by atoms with van der Waals surface area (Å²) in [6.07, 6.45) is 9.36. The van der Waals surface area contributed by atoms with Crippen molar-refractivity contribution in [2.75, 3.05) is 13.2 Å². The summed E-state index contributed by atoms with van der Waals surface area (Å²) in [7, 11) is 0. The largest absolute Gasteiger partial charge is 0.500 e. The van der Waals surface area contributed by atoms with Crippen molar-refractivity contribution in [3.63, 3.8) is 0 Å². The van der Waals surface area contributed by atoms with Crippen molar-refractivity contribution in [1.82, 2.24) is 0 Å². The molecule has 0 spiro atoms. The number of halogens is 1. The summed E-state index contributed by atoms with van der Waals surface area (Å²) in [5.41, 5.74) is 6.71. The molecule has 4 saturated carbocycles. The van der Waals surface area contributed by atoms with Crippen LogP contribution in [0.2, 0.25) is 0 Å². The molecule has 27 heavy (non-hydrogen) atoms. The van der Waals surface area contributed by atoms with Crippen LogP contribution in [0.1, 0.15) is 65.2 Å². The number of nitrogens with two attached hydrogens (primary N) is 1. The smallest absolute Gasteiger partial charge is 0.139 e. The summed E-state index contributed by atoms with van der Waals surface area (Å²) < 4.78 is 5.52. The van der Waals surface area contributed by atoms with Crippen LogP contribution in [0.3, 0.4) is 0 Å². The van der Waals surface area contributed by atoms with Gasteiger partial charge < -0.3 is 10.5 Å². The second kappa shape index (κ2) is 7.51. The van der Waals surface area contributed by atoms with Gasteiger partial charge in [-0.15, -0.1) is 12.4 Å². The summed E-state index contributed by atoms with van der Waals surface area (Å²) in [6, 6.07) is 0. The Hall–Kier alpha value is -0.870. The number of ketones is 2. The minimum atomic E-state index is -0.152. The Bertz CT molecular complexity index is 647. The van der Waals surface area contributed by atoms with E-state index in [0.29, 0.717) is 48.9 Å². The van der Waals surface area contributed by atoms with Crippen LogP contribution in [0, 0.1) is 34.5 Å². The van der Waals surface area contributed by atoms with Crippen LogP contribution in [-0.4, -0.2) is 24.7 Å². The second-order valence-corrected chi connectivity index (χ2v) is 9.66. The van der Waals surface area contributed by atoms with E-state index in [9.17, 15) is 9.59 Å². The van der Waals surface area contributed by atoms with E-state index >= 15 is 0 Å². The van der Waals surface area contributed by atoms with Gasteiger partial charge in [-0.3, -0.25) is 9.59 Å². The maximum Gasteiger partial charge on any atom is 0.139 e. The van der Waals surface area contributed by atoms with Gasteiger partial charge in [0.1, 0.15) is 11.6 Å². The molecule has 2 N–H and O–H groups in total. The van der Waals surface area contributed by atoms with Gasteiger partial charge in [0, 0.05) is 30.7 Å². The Balaban J connectivity index is 0.00000210. The lowest BCUT2D eigenvalue weighted by Gasteiger charge is -2.58. The summed E-state index contributed by atoms with van der Waals surface area (Å²) in [5, 5.41) is 0. The fraction of sp³-hybridized carbons (Fsp3) is 0.818. The Labute approximate surface area is 169 Å². The second-order valence-electron chi connectivity index (χ2n) is 9.66. The standard InChI is InChI=1S/C22H33NO3.ClH/c1-21-7-5-14(13-26-10-9-23)11-18(21)19(24)12-15-16-3-4-20(25)22(16,2)8-6-17(15)21;/h13,15-18H,3-12,23H2,1-2H3;1H/b14-13+;/t15-,16-,17-,18+,21+,22-;/m0./s1. The molecule has 4 aliphatic rings. The maximum atomic E-state index is 13.2. The zero-order valence-electron chi connectivity index (χ0n) is 16.7. The summed E-state index contributed by atoms with van der Waals surface area (Å²) >= 11 is 0. The molecule has 0 aromatic carbocycles. The molecular weight excluding hydrogens is 362 g/mol. The van der Waals surface area contributed by atoms with Crippen molar-refractivity contribution in [3.05, 3.63) is 11.8 Å². The molecule has 0 aromatic rings. The van der Waals surface area contributed by atoms with E-state index in [0.717, 1.165) is 44.9 Å². The van der Waals surface area contributed by atoms with Crippen molar-refractivity contribution in [1.29, 1.82) is 0 Å². The number of hydrogen-bond acceptors (Lipinski definition) is 4. The molecule has 6 atom stereocenters. The van der Waals surface area contributed by atoms with Gasteiger partial charge >= 0.3 is 0 Å². The predicted octanol–water partition coefficient (Wildman–Crippen LogP) is 4.06. The van der Waals surface area contributed by atoms with Gasteiger partial charge in [-0.1, -0.05) is 13.8 Å². The van der Waals surface area contributed by atoms with Crippen LogP contribution in [0.5, 0.6) is 0 Å². The third kappa shape index (κ3) is 3.17. The van der Waals surface area contributed by atoms with Gasteiger partial charge in [-0.2, -0.15) is 0 Å². The molecule has 4 rings (SSSR count). The topological polar surface area (TPSA) is 69.4 Å². The molecule has 0 aliphatic heterocycles. The zero-order chi connectivity index (χ0) is 18.5. The SMILES string of the molecule is C[C@]12CC/C(=C\OCCN)C[C@@H]1C(=O)C[C@@H]1[C@@H]2CC[C@]2(C)C(=O)CC[C@@H]12.Cl. The molecule has 0 amide bonds. The fourth-order valence-corrected chi connectivity index (χ4v) is 7.02. The maximum absolute atomic E-state index is 13.2. The minimum Gasteiger partial charge on any atom is -0.500 e. The highest BCUT2D eigenvalue weighted by atomic mass is 35.5. The number of fused-ring (bicyclic) bond motifs is 5. The molecule has 0 saturated heterocycles. The quantitative estimate of drug-likeness (QED) is 0.577. The summed E-state index contributed by atoms with van der Waals surface area (Å²) in [6.45, 7) is 5.60. The highest BCUT2D eigenvalue weighted by Gasteiger charge is 2.61. The average Bonchev–Trinajstić information content (AvgIpc) is 2.92. The molecule has 0 aromatic heterocycles. The van der Waals surface area contributed by atoms with Gasteiger partial charge in [0.05, 0.1) is 12.9 Å². The lowest BCUT2D eigenvalue weighted by molar-refractivity contribution is -0.153. The molecule has 4 aliphatic carbocycles. The Morgan fingerprint density at radius 1 is 1.11 bits per heavy atom. The molecule has 4 fully saturated rings. The molecule has 4 nitrogen and oxygen atoms in total. The number of rotatable bonds is 3. The van der Waals surface area contributed by atoms with Crippen molar-refractivity contribution < 1.29 is 14.3 Å². The average molecular weight is 396 g/mol. The third-order valence-electron chi connectivity index (χ3n) is 8.55. The van der Waals surface area contributed by atoms with Crippen molar-refractivity contribution in [2.24, 2.45) is 40.2 Å². The van der Waals surface area contributed by atoms with Gasteiger partial charge in [0.2, 0.25) is 0 Å². The van der Waals surface area contributed by atoms with Gasteiger partial charge in [-0.05, 0) is 67.3 Å². The van der Waals surface area contributed by atoms with E-state index < -0.39 is 0 Å². The molecule has 0 heterocycles. The van der Waals surface area contributed by atoms with Crippen LogP contribution < -0.4 is 5.73 Å². The van der Waals surface area contributed by atoms with Crippen molar-refractivity contribution in [3.8, 4) is 0 Å². The fourth-order valence-electron chi connectivity index (χ4n) is 7.02. The first kappa shape index (κ1) is 20.9. The Morgan fingerprint density at radius 3 is 2.63 bits per heavy atom. The number of allylic oxidation sites excluding steroid dienone is 1. The molecular formula is C22H34ClNO3. The summed E-state index contributed by atoms with van der Waals surface area (Å²) in [5.74, 6) is 2.47. The number of ether oxygens (including phenoxy) is 1. The summed E-state index contributed by atoms with van der Waals surface area (Å²) in [4.78, 5) is 25.7. The number of Topliss-reactive ketones (excluding diaryl/α,β-unsaturated/α-hetero) is 2. The number of hydrogen-bond donors (Lipinski definition) is 1. The number of carbonyl (C=O) groups excluding carboxylic acids is 2. The zero-order valence-corrected chi connectivity index (χ0v) is 17.5. The molecule has 5 heteroatoms. The van der Waals surface area contributed by atoms with Crippen molar-refractivity contribution >= 4 is 24.0 Å². The third-order valence-corrected chi connectivity index (χ3v) is 8.55. The Kier molecular flexibility index (Phi) is 5.80. The normalized spacial score (nSPS) is 44.9. The lowest BCUT2D eigenvalue weighted by Crippen LogP contribution is -2.56. The first-order chi connectivity index (χ1) is 12.4. The van der Waals surface area contributed by atoms with Crippen LogP contribution in [0.15, 0.2) is 11.8 Å². The number of carbonyl (C=O) groups is 2. The highest BCUT2D eigenvalue weighted by molar-refractivity contribution is 5.88. The van der Waals surface area contributed by atoms with Crippen LogP contribution in [0.25, 0.3) is 0 Å². The van der Waals surface area contributed by atoms with Gasteiger partial charge in [-0.25, -0.2) is 0 Å². The molecule has 0 bridgehead atoms. The highest BCUT2D eigenvalue weighted by Crippen LogP contribution is 2.65. The van der Waals surface area contributed by atoms with Gasteiger partial charge in [0.25, 0.3) is 0 Å². The molecule has 0 radical (unpaired) electrons. The predicted molar refractivity (Wildman–Crippen MR) is 107 cm³/mol. The van der Waals surface area contributed by atoms with E-state index in [2.05, 4.69) is 13.8 Å². The van der Waals surface area contributed by atoms with E-state index in [1.165, 1.54) is 5.57 Å². The van der Waals surface area contributed by atoms with Crippen molar-refractivity contribution in [2.45, 2.75) is 65.2 Å². The first-order valence-corrected chi connectivity index (χ1v) is 10.5. The molecule has 0 unspecified atom stereocenters.